The molecule has 15 heavy (non-hydrogen) atoms. The van der Waals surface area contributed by atoms with Crippen molar-refractivity contribution in [1.82, 2.24) is 4.90 Å². The number of carbonyl (C=O) groups excluding carboxylic acids is 1. The topological polar surface area (TPSA) is 20.3 Å². The van der Waals surface area contributed by atoms with Crippen LogP contribution in [0.15, 0.2) is 0 Å². The van der Waals surface area contributed by atoms with Crippen molar-refractivity contribution in [2.45, 2.75) is 59.9 Å². The fourth-order valence-electron chi connectivity index (χ4n) is 1.59. The molecule has 0 aliphatic rings. The van der Waals surface area contributed by atoms with Gasteiger partial charge in [-0.05, 0) is 45.7 Å². The van der Waals surface area contributed by atoms with Crippen molar-refractivity contribution in [2.24, 2.45) is 5.41 Å². The molecule has 0 spiro atoms. The average Bonchev–Trinajstić information content (AvgIpc) is 2.09. The zero-order valence-electron chi connectivity index (χ0n) is 11.3. The van der Waals surface area contributed by atoms with Gasteiger partial charge >= 0.3 is 0 Å². The van der Waals surface area contributed by atoms with Gasteiger partial charge in [0, 0.05) is 12.5 Å². The Morgan fingerprint density at radius 2 is 1.80 bits per heavy atom. The average molecular weight is 213 g/mol. The van der Waals surface area contributed by atoms with E-state index in [0.29, 0.717) is 17.2 Å². The molecule has 2 nitrogen and oxygen atoms in total. The lowest BCUT2D eigenvalue weighted by Gasteiger charge is -2.35. The number of unbranched alkanes of at least 4 members (excludes halogenated alkanes) is 1. The monoisotopic (exact) mass is 213 g/mol. The van der Waals surface area contributed by atoms with E-state index in [0.717, 1.165) is 25.8 Å². The quantitative estimate of drug-likeness (QED) is 0.632. The molecule has 0 N–H and O–H groups in total. The summed E-state index contributed by atoms with van der Waals surface area (Å²) in [6.07, 6.45) is 2.88. The third kappa shape index (κ3) is 6.67. The van der Waals surface area contributed by atoms with E-state index >= 15 is 0 Å². The normalized spacial score (nSPS) is 14.3. The molecule has 0 radical (unpaired) electrons. The lowest BCUT2D eigenvalue weighted by Crippen LogP contribution is -2.39. The summed E-state index contributed by atoms with van der Waals surface area (Å²) in [7, 11) is 2.17. The summed E-state index contributed by atoms with van der Waals surface area (Å²) in [5.74, 6) is 0.307. The molecule has 0 aromatic rings. The fourth-order valence-corrected chi connectivity index (χ4v) is 1.59. The van der Waals surface area contributed by atoms with Crippen molar-refractivity contribution in [2.75, 3.05) is 13.6 Å². The third-order valence-corrected chi connectivity index (χ3v) is 3.20. The number of carbonyl (C=O) groups is 1. The first-order valence-electron chi connectivity index (χ1n) is 5.95. The van der Waals surface area contributed by atoms with Gasteiger partial charge in [-0.15, -0.1) is 0 Å². The summed E-state index contributed by atoms with van der Waals surface area (Å²) in [5.41, 5.74) is 0.329. The molecule has 0 heterocycles. The van der Waals surface area contributed by atoms with Gasteiger partial charge in [0.25, 0.3) is 0 Å². The predicted octanol–water partition coefficient (Wildman–Crippen LogP) is 3.11. The molecule has 0 aliphatic heterocycles. The SMILES string of the molecule is CC(=O)CCCCN(C)C(C)C(C)(C)C. The maximum Gasteiger partial charge on any atom is 0.129 e. The highest BCUT2D eigenvalue weighted by Gasteiger charge is 2.23. The van der Waals surface area contributed by atoms with Crippen LogP contribution in [0.3, 0.4) is 0 Å². The first kappa shape index (κ1) is 14.6. The van der Waals surface area contributed by atoms with E-state index in [1.54, 1.807) is 6.92 Å². The molecule has 2 heteroatoms. The molecule has 0 saturated carbocycles. The lowest BCUT2D eigenvalue weighted by molar-refractivity contribution is -0.117. The number of nitrogens with zero attached hydrogens (tertiary/aromatic N) is 1. The summed E-state index contributed by atoms with van der Waals surface area (Å²) in [5, 5.41) is 0. The fraction of sp³-hybridized carbons (Fsp3) is 0.923. The second-order valence-electron chi connectivity index (χ2n) is 5.68. The van der Waals surface area contributed by atoms with E-state index in [1.165, 1.54) is 0 Å². The summed E-state index contributed by atoms with van der Waals surface area (Å²) in [6, 6.07) is 0.579. The minimum Gasteiger partial charge on any atom is -0.303 e. The van der Waals surface area contributed by atoms with E-state index in [9.17, 15) is 4.79 Å². The van der Waals surface area contributed by atoms with Crippen LogP contribution in [0, 0.1) is 5.41 Å². The number of rotatable bonds is 6. The van der Waals surface area contributed by atoms with Crippen molar-refractivity contribution in [3.05, 3.63) is 0 Å². The maximum atomic E-state index is 10.8. The Morgan fingerprint density at radius 3 is 2.20 bits per heavy atom. The van der Waals surface area contributed by atoms with Crippen molar-refractivity contribution in [3.63, 3.8) is 0 Å². The predicted molar refractivity (Wildman–Crippen MR) is 66.1 cm³/mol. The van der Waals surface area contributed by atoms with Crippen molar-refractivity contribution in [3.8, 4) is 0 Å². The first-order valence-corrected chi connectivity index (χ1v) is 5.95. The molecule has 0 fully saturated rings. The van der Waals surface area contributed by atoms with Gasteiger partial charge in [-0.1, -0.05) is 20.8 Å². The molecule has 0 saturated heterocycles. The van der Waals surface area contributed by atoms with Crippen LogP contribution in [0.25, 0.3) is 0 Å². The van der Waals surface area contributed by atoms with Crippen LogP contribution in [0.1, 0.15) is 53.9 Å². The van der Waals surface area contributed by atoms with Gasteiger partial charge in [0.1, 0.15) is 5.78 Å². The first-order chi connectivity index (χ1) is 6.75. The smallest absolute Gasteiger partial charge is 0.129 e. The van der Waals surface area contributed by atoms with Gasteiger partial charge < -0.3 is 9.69 Å². The second kappa shape index (κ2) is 6.26. The van der Waals surface area contributed by atoms with Gasteiger partial charge in [-0.3, -0.25) is 0 Å². The number of ketones is 1. The molecule has 1 unspecified atom stereocenters. The zero-order valence-corrected chi connectivity index (χ0v) is 11.3. The highest BCUT2D eigenvalue weighted by molar-refractivity contribution is 5.75. The van der Waals surface area contributed by atoms with Crippen LogP contribution in [0.5, 0.6) is 0 Å². The van der Waals surface area contributed by atoms with Crippen molar-refractivity contribution >= 4 is 5.78 Å². The molecular formula is C13H27NO. The molecule has 0 aliphatic carbocycles. The van der Waals surface area contributed by atoms with Crippen LogP contribution >= 0.6 is 0 Å². The Hall–Kier alpha value is -0.370. The Bertz CT molecular complexity index is 193. The van der Waals surface area contributed by atoms with Crippen LogP contribution in [0.2, 0.25) is 0 Å². The van der Waals surface area contributed by atoms with Gasteiger partial charge in [0.05, 0.1) is 0 Å². The zero-order chi connectivity index (χ0) is 12.1. The Kier molecular flexibility index (Phi) is 6.11. The number of hydrogen-bond donors (Lipinski definition) is 0. The highest BCUT2D eigenvalue weighted by Crippen LogP contribution is 2.23. The van der Waals surface area contributed by atoms with Crippen LogP contribution in [-0.2, 0) is 4.79 Å². The number of Topliss-reactive ketones (excluding diaryl/α,β-unsaturated/α-hetero) is 1. The van der Waals surface area contributed by atoms with E-state index in [-0.39, 0.29) is 0 Å². The third-order valence-electron chi connectivity index (χ3n) is 3.20. The summed E-state index contributed by atoms with van der Waals surface area (Å²) < 4.78 is 0. The van der Waals surface area contributed by atoms with Gasteiger partial charge in [-0.25, -0.2) is 0 Å². The molecule has 0 rings (SSSR count). The lowest BCUT2D eigenvalue weighted by atomic mass is 9.87. The summed E-state index contributed by atoms with van der Waals surface area (Å²) >= 11 is 0. The maximum absolute atomic E-state index is 10.8. The number of hydrogen-bond acceptors (Lipinski definition) is 2. The standard InChI is InChI=1S/C13H27NO/c1-11(15)9-7-8-10-14(6)12(2)13(3,4)5/h12H,7-10H2,1-6H3. The van der Waals surface area contributed by atoms with E-state index in [1.807, 2.05) is 0 Å². The molecule has 0 aromatic heterocycles. The van der Waals surface area contributed by atoms with Gasteiger partial charge in [0.2, 0.25) is 0 Å². The Balaban J connectivity index is 3.74. The van der Waals surface area contributed by atoms with Gasteiger partial charge in [-0.2, -0.15) is 0 Å². The summed E-state index contributed by atoms with van der Waals surface area (Å²) in [4.78, 5) is 13.2. The van der Waals surface area contributed by atoms with Crippen LogP contribution in [-0.4, -0.2) is 30.3 Å². The van der Waals surface area contributed by atoms with Crippen molar-refractivity contribution < 1.29 is 4.79 Å². The molecule has 0 bridgehead atoms. The molecular weight excluding hydrogens is 186 g/mol. The molecule has 90 valence electrons. The Labute approximate surface area is 95.0 Å². The van der Waals surface area contributed by atoms with Crippen molar-refractivity contribution in [1.29, 1.82) is 0 Å². The van der Waals surface area contributed by atoms with Crippen LogP contribution < -0.4 is 0 Å². The second-order valence-corrected chi connectivity index (χ2v) is 5.68. The highest BCUT2D eigenvalue weighted by atomic mass is 16.1. The largest absolute Gasteiger partial charge is 0.303 e. The van der Waals surface area contributed by atoms with E-state index in [2.05, 4.69) is 39.6 Å². The molecule has 0 amide bonds. The van der Waals surface area contributed by atoms with E-state index in [4.69, 9.17) is 0 Å². The van der Waals surface area contributed by atoms with Crippen LogP contribution in [0.4, 0.5) is 0 Å². The van der Waals surface area contributed by atoms with Gasteiger partial charge in [0.15, 0.2) is 0 Å². The molecule has 0 aromatic carbocycles. The minimum absolute atomic E-state index is 0.307. The minimum atomic E-state index is 0.307. The molecule has 1 atom stereocenters. The van der Waals surface area contributed by atoms with E-state index < -0.39 is 0 Å². The Morgan fingerprint density at radius 1 is 1.27 bits per heavy atom. The summed E-state index contributed by atoms with van der Waals surface area (Å²) in [6.45, 7) is 11.8.